The van der Waals surface area contributed by atoms with E-state index >= 15 is 0 Å². The maximum atomic E-state index is 9.15. The highest BCUT2D eigenvalue weighted by Gasteiger charge is 2.54. The van der Waals surface area contributed by atoms with Crippen LogP contribution in [0.2, 0.25) is 0 Å². The monoisotopic (exact) mass is 172 g/mol. The predicted molar refractivity (Wildman–Crippen MR) is 43.7 cm³/mol. The molecule has 1 aliphatic heterocycles. The van der Waals surface area contributed by atoms with Crippen molar-refractivity contribution in [2.45, 2.75) is 38.6 Å². The number of ether oxygens (including phenoxy) is 2. The maximum Gasteiger partial charge on any atom is 0.163 e. The number of hydrogen-bond donors (Lipinski definition) is 1. The third-order valence-electron chi connectivity index (χ3n) is 2.90. The van der Waals surface area contributed by atoms with E-state index in [1.807, 2.05) is 13.8 Å². The van der Waals surface area contributed by atoms with Crippen LogP contribution in [0.3, 0.4) is 0 Å². The molecule has 2 aliphatic rings. The lowest BCUT2D eigenvalue weighted by molar-refractivity contribution is -0.148. The van der Waals surface area contributed by atoms with E-state index in [1.54, 1.807) is 0 Å². The first kappa shape index (κ1) is 8.48. The number of aliphatic hydroxyl groups is 1. The molecule has 1 aliphatic carbocycles. The molecule has 0 aromatic carbocycles. The fourth-order valence-electron chi connectivity index (χ4n) is 1.73. The Bertz CT molecular complexity index is 184. The normalized spacial score (nSPS) is 36.8. The Kier molecular flexibility index (Phi) is 1.72. The molecular weight excluding hydrogens is 156 g/mol. The first-order valence-corrected chi connectivity index (χ1v) is 4.51. The molecule has 0 aromatic rings. The van der Waals surface area contributed by atoms with Gasteiger partial charge in [0.2, 0.25) is 0 Å². The van der Waals surface area contributed by atoms with Gasteiger partial charge in [0, 0.05) is 5.41 Å². The summed E-state index contributed by atoms with van der Waals surface area (Å²) < 4.78 is 11.1. The molecule has 1 unspecified atom stereocenters. The lowest BCUT2D eigenvalue weighted by atomic mass is 10.0. The van der Waals surface area contributed by atoms with Gasteiger partial charge in [0.25, 0.3) is 0 Å². The summed E-state index contributed by atoms with van der Waals surface area (Å²) in [6.45, 7) is 4.70. The van der Waals surface area contributed by atoms with Gasteiger partial charge in [-0.15, -0.1) is 0 Å². The Hall–Kier alpha value is -0.120. The molecule has 3 nitrogen and oxygen atoms in total. The number of rotatable bonds is 2. The van der Waals surface area contributed by atoms with Crippen molar-refractivity contribution in [1.82, 2.24) is 0 Å². The summed E-state index contributed by atoms with van der Waals surface area (Å²) in [7, 11) is 0. The van der Waals surface area contributed by atoms with Crippen LogP contribution in [0.15, 0.2) is 0 Å². The van der Waals surface area contributed by atoms with Crippen LogP contribution < -0.4 is 0 Å². The molecule has 0 aromatic heterocycles. The van der Waals surface area contributed by atoms with E-state index in [2.05, 4.69) is 0 Å². The van der Waals surface area contributed by atoms with Crippen molar-refractivity contribution >= 4 is 0 Å². The third kappa shape index (κ3) is 1.26. The van der Waals surface area contributed by atoms with Gasteiger partial charge in [0.1, 0.15) is 0 Å². The van der Waals surface area contributed by atoms with Gasteiger partial charge in [-0.2, -0.15) is 0 Å². The van der Waals surface area contributed by atoms with Crippen LogP contribution in [-0.4, -0.2) is 30.2 Å². The van der Waals surface area contributed by atoms with Crippen LogP contribution in [-0.2, 0) is 9.47 Å². The highest BCUT2D eigenvalue weighted by molar-refractivity contribution is 5.01. The fraction of sp³-hybridized carbons (Fsp3) is 1.00. The van der Waals surface area contributed by atoms with E-state index in [9.17, 15) is 0 Å². The van der Waals surface area contributed by atoms with Crippen molar-refractivity contribution in [2.75, 3.05) is 13.2 Å². The molecule has 0 radical (unpaired) electrons. The molecule has 1 heterocycles. The number of aliphatic hydroxyl groups excluding tert-OH is 1. The van der Waals surface area contributed by atoms with Gasteiger partial charge in [-0.05, 0) is 26.7 Å². The Morgan fingerprint density at radius 3 is 2.42 bits per heavy atom. The molecule has 0 bridgehead atoms. The largest absolute Gasteiger partial charge is 0.396 e. The van der Waals surface area contributed by atoms with Gasteiger partial charge in [0.05, 0.1) is 19.3 Å². The summed E-state index contributed by atoms with van der Waals surface area (Å²) in [5.74, 6) is -0.449. The Morgan fingerprint density at radius 2 is 2.08 bits per heavy atom. The predicted octanol–water partition coefficient (Wildman–Crippen LogP) is 0.910. The van der Waals surface area contributed by atoms with E-state index in [0.29, 0.717) is 6.61 Å². The Labute approximate surface area is 72.7 Å². The minimum absolute atomic E-state index is 0.0355. The summed E-state index contributed by atoms with van der Waals surface area (Å²) in [5.41, 5.74) is 0.0355. The minimum atomic E-state index is -0.449. The summed E-state index contributed by atoms with van der Waals surface area (Å²) in [5, 5.41) is 9.15. The van der Waals surface area contributed by atoms with Gasteiger partial charge >= 0.3 is 0 Å². The quantitative estimate of drug-likeness (QED) is 0.673. The van der Waals surface area contributed by atoms with Gasteiger partial charge in [-0.3, -0.25) is 0 Å². The molecule has 2 rings (SSSR count). The summed E-state index contributed by atoms with van der Waals surface area (Å²) in [4.78, 5) is 0. The van der Waals surface area contributed by atoms with Crippen LogP contribution in [0, 0.1) is 5.41 Å². The molecule has 2 fully saturated rings. The first-order valence-electron chi connectivity index (χ1n) is 4.51. The van der Waals surface area contributed by atoms with Gasteiger partial charge in [-0.25, -0.2) is 0 Å². The third-order valence-corrected chi connectivity index (χ3v) is 2.90. The molecule has 3 heteroatoms. The Morgan fingerprint density at radius 1 is 1.42 bits per heavy atom. The molecular formula is C9H16O3. The van der Waals surface area contributed by atoms with Crippen LogP contribution in [0.1, 0.15) is 26.7 Å². The van der Waals surface area contributed by atoms with Crippen molar-refractivity contribution in [2.24, 2.45) is 5.41 Å². The molecule has 1 atom stereocenters. The number of hydrogen-bond acceptors (Lipinski definition) is 3. The maximum absolute atomic E-state index is 9.15. The van der Waals surface area contributed by atoms with E-state index in [0.717, 1.165) is 12.8 Å². The zero-order chi connectivity index (χ0) is 8.82. The summed E-state index contributed by atoms with van der Waals surface area (Å²) in [6.07, 6.45) is 2.26. The zero-order valence-corrected chi connectivity index (χ0v) is 7.67. The minimum Gasteiger partial charge on any atom is -0.396 e. The SMILES string of the molecule is CC1(C)OCC(C2(CO)CC2)O1. The van der Waals surface area contributed by atoms with E-state index < -0.39 is 5.79 Å². The molecule has 0 amide bonds. The van der Waals surface area contributed by atoms with E-state index in [-0.39, 0.29) is 18.1 Å². The van der Waals surface area contributed by atoms with Gasteiger partial charge in [0.15, 0.2) is 5.79 Å². The first-order chi connectivity index (χ1) is 5.58. The van der Waals surface area contributed by atoms with Crippen molar-refractivity contribution in [3.8, 4) is 0 Å². The van der Waals surface area contributed by atoms with Crippen LogP contribution in [0.5, 0.6) is 0 Å². The van der Waals surface area contributed by atoms with E-state index in [1.165, 1.54) is 0 Å². The molecule has 1 saturated heterocycles. The van der Waals surface area contributed by atoms with Crippen molar-refractivity contribution in [3.05, 3.63) is 0 Å². The average Bonchev–Trinajstić information content (AvgIpc) is 2.72. The molecule has 12 heavy (non-hydrogen) atoms. The van der Waals surface area contributed by atoms with Crippen LogP contribution >= 0.6 is 0 Å². The average molecular weight is 172 g/mol. The Balaban J connectivity index is 2.00. The smallest absolute Gasteiger partial charge is 0.163 e. The second-order valence-corrected chi connectivity index (χ2v) is 4.34. The van der Waals surface area contributed by atoms with Gasteiger partial charge < -0.3 is 14.6 Å². The van der Waals surface area contributed by atoms with E-state index in [4.69, 9.17) is 14.6 Å². The standard InChI is InChI=1S/C9H16O3/c1-8(2)11-5-7(12-8)9(6-10)3-4-9/h7,10H,3-6H2,1-2H3. The molecule has 1 saturated carbocycles. The van der Waals surface area contributed by atoms with Gasteiger partial charge in [-0.1, -0.05) is 0 Å². The zero-order valence-electron chi connectivity index (χ0n) is 7.67. The topological polar surface area (TPSA) is 38.7 Å². The van der Waals surface area contributed by atoms with Crippen molar-refractivity contribution < 1.29 is 14.6 Å². The lowest BCUT2D eigenvalue weighted by Crippen LogP contribution is -2.30. The molecule has 1 N–H and O–H groups in total. The molecule has 0 spiro atoms. The molecule has 70 valence electrons. The summed E-state index contributed by atoms with van der Waals surface area (Å²) >= 11 is 0. The van der Waals surface area contributed by atoms with Crippen LogP contribution in [0.4, 0.5) is 0 Å². The summed E-state index contributed by atoms with van der Waals surface area (Å²) in [6, 6.07) is 0. The van der Waals surface area contributed by atoms with Crippen LogP contribution in [0.25, 0.3) is 0 Å². The van der Waals surface area contributed by atoms with Crippen molar-refractivity contribution in [1.29, 1.82) is 0 Å². The second kappa shape index (κ2) is 2.44. The van der Waals surface area contributed by atoms with Crippen molar-refractivity contribution in [3.63, 3.8) is 0 Å². The highest BCUT2D eigenvalue weighted by Crippen LogP contribution is 2.52. The lowest BCUT2D eigenvalue weighted by Gasteiger charge is -2.21. The highest BCUT2D eigenvalue weighted by atomic mass is 16.7. The fourth-order valence-corrected chi connectivity index (χ4v) is 1.73. The second-order valence-electron chi connectivity index (χ2n) is 4.34.